The van der Waals surface area contributed by atoms with Gasteiger partial charge in [-0.3, -0.25) is 9.59 Å². The minimum atomic E-state index is -0.536. The summed E-state index contributed by atoms with van der Waals surface area (Å²) in [6, 6.07) is 39.3. The van der Waals surface area contributed by atoms with E-state index < -0.39 is 11.9 Å². The van der Waals surface area contributed by atoms with Gasteiger partial charge >= 0.3 is 5.97 Å². The predicted molar refractivity (Wildman–Crippen MR) is 245 cm³/mol. The summed E-state index contributed by atoms with van der Waals surface area (Å²) in [5.74, 6) is 1.22. The summed E-state index contributed by atoms with van der Waals surface area (Å²) in [7, 11) is 6.25. The molecule has 0 unspecified atom stereocenters. The number of nitrogens with zero attached hydrogens (tertiary/aromatic N) is 2. The molecule has 11 nitrogen and oxygen atoms in total. The first-order valence-electron chi connectivity index (χ1n) is 19.9. The van der Waals surface area contributed by atoms with Crippen LogP contribution in [-0.4, -0.2) is 66.8 Å². The van der Waals surface area contributed by atoms with Crippen LogP contribution >= 0.6 is 0 Å². The second-order valence-corrected chi connectivity index (χ2v) is 14.5. The van der Waals surface area contributed by atoms with Gasteiger partial charge in [0.05, 0.1) is 51.2 Å². The highest BCUT2D eigenvalue weighted by Gasteiger charge is 2.20. The van der Waals surface area contributed by atoms with E-state index in [0.717, 1.165) is 89.4 Å². The molecule has 4 aromatic carbocycles. The standard InChI is InChI=1S/C51H41N5O6/c1-59-35-11-5-8-32(26-35)48-40-20-18-38(53-40)47(30-14-16-31(17-15-30)51(58)52-29-46(57)62-4)39-19-21-41(54-39)49(33-9-6-12-36(27-33)60-2)43-23-25-45(56-43)50(44-24-22-42(48)55-44)34-10-7-13-37(28-34)61-3/h5-28,53,56H,29H2,1-4H3,(H,52,58). The number of hydrogen-bond acceptors (Lipinski definition) is 8. The zero-order valence-electron chi connectivity index (χ0n) is 34.4. The van der Waals surface area contributed by atoms with Crippen LogP contribution in [0.2, 0.25) is 0 Å². The van der Waals surface area contributed by atoms with Gasteiger partial charge in [0.25, 0.3) is 5.91 Å². The van der Waals surface area contributed by atoms with Crippen LogP contribution in [0.5, 0.6) is 17.2 Å². The molecule has 62 heavy (non-hydrogen) atoms. The van der Waals surface area contributed by atoms with Crippen LogP contribution in [0.3, 0.4) is 0 Å². The van der Waals surface area contributed by atoms with E-state index in [-0.39, 0.29) is 6.54 Å². The number of ether oxygens (including phenoxy) is 4. The van der Waals surface area contributed by atoms with Crippen molar-refractivity contribution in [2.24, 2.45) is 0 Å². The van der Waals surface area contributed by atoms with Crippen molar-refractivity contribution in [1.29, 1.82) is 0 Å². The molecular weight excluding hydrogens is 779 g/mol. The van der Waals surface area contributed by atoms with E-state index in [1.807, 2.05) is 115 Å². The fraction of sp³-hybridized carbons (Fsp3) is 0.0980. The minimum Gasteiger partial charge on any atom is -0.497 e. The van der Waals surface area contributed by atoms with Crippen LogP contribution < -0.4 is 19.5 Å². The molecule has 1 amide bonds. The Morgan fingerprint density at radius 1 is 0.484 bits per heavy atom. The number of H-pyrrole nitrogens is 2. The number of aromatic amines is 2. The van der Waals surface area contributed by atoms with Gasteiger partial charge in [0.2, 0.25) is 0 Å². The predicted octanol–water partition coefficient (Wildman–Crippen LogP) is 10.3. The molecule has 2 aliphatic heterocycles. The number of fused-ring (bicyclic) bond motifs is 8. The van der Waals surface area contributed by atoms with E-state index in [2.05, 4.69) is 33.5 Å². The molecule has 5 heterocycles. The Labute approximate surface area is 357 Å². The van der Waals surface area contributed by atoms with E-state index in [0.29, 0.717) is 22.8 Å². The maximum absolute atomic E-state index is 13.0. The first-order valence-corrected chi connectivity index (χ1v) is 19.9. The van der Waals surface area contributed by atoms with E-state index in [9.17, 15) is 9.59 Å². The van der Waals surface area contributed by atoms with Gasteiger partial charge in [0.1, 0.15) is 23.8 Å². The Kier molecular flexibility index (Phi) is 10.7. The molecule has 9 rings (SSSR count). The van der Waals surface area contributed by atoms with Crippen LogP contribution in [-0.2, 0) is 9.53 Å². The summed E-state index contributed by atoms with van der Waals surface area (Å²) in [5.41, 5.74) is 13.6. The number of aromatic nitrogens is 4. The van der Waals surface area contributed by atoms with Gasteiger partial charge in [0.15, 0.2) is 0 Å². The lowest BCUT2D eigenvalue weighted by Gasteiger charge is -2.09. The number of benzene rings is 4. The molecule has 7 aromatic rings. The van der Waals surface area contributed by atoms with Crippen molar-refractivity contribution in [2.75, 3.05) is 35.0 Å². The molecule has 0 saturated carbocycles. The number of methoxy groups -OCH3 is 4. The average molecular weight is 820 g/mol. The summed E-state index contributed by atoms with van der Waals surface area (Å²) >= 11 is 0. The van der Waals surface area contributed by atoms with Crippen molar-refractivity contribution in [3.63, 3.8) is 0 Å². The second kappa shape index (κ2) is 16.8. The number of nitrogens with one attached hydrogen (secondary N) is 3. The zero-order valence-corrected chi connectivity index (χ0v) is 34.4. The lowest BCUT2D eigenvalue weighted by atomic mass is 10.0. The van der Waals surface area contributed by atoms with Crippen LogP contribution in [0.25, 0.3) is 90.9 Å². The van der Waals surface area contributed by atoms with Crippen molar-refractivity contribution in [1.82, 2.24) is 25.3 Å². The molecule has 3 aromatic heterocycles. The number of hydrogen-bond donors (Lipinski definition) is 3. The summed E-state index contributed by atoms with van der Waals surface area (Å²) < 4.78 is 21.8. The van der Waals surface area contributed by atoms with Crippen molar-refractivity contribution >= 4 is 58.2 Å². The lowest BCUT2D eigenvalue weighted by molar-refractivity contribution is -0.139. The van der Waals surface area contributed by atoms with Gasteiger partial charge in [-0.15, -0.1) is 0 Å². The molecular formula is C51H41N5O6. The maximum atomic E-state index is 13.0. The molecule has 3 N–H and O–H groups in total. The summed E-state index contributed by atoms with van der Waals surface area (Å²) in [5, 5.41) is 2.61. The molecule has 2 aliphatic rings. The van der Waals surface area contributed by atoms with Crippen LogP contribution in [0.15, 0.2) is 121 Å². The van der Waals surface area contributed by atoms with Gasteiger partial charge in [-0.1, -0.05) is 48.5 Å². The van der Waals surface area contributed by atoms with Crippen molar-refractivity contribution < 1.29 is 28.5 Å². The van der Waals surface area contributed by atoms with Gasteiger partial charge in [-0.25, -0.2) is 9.97 Å². The third-order valence-electron chi connectivity index (χ3n) is 10.9. The van der Waals surface area contributed by atoms with Crippen molar-refractivity contribution in [3.05, 3.63) is 150 Å². The number of amides is 1. The highest BCUT2D eigenvalue weighted by Crippen LogP contribution is 2.39. The molecule has 8 bridgehead atoms. The maximum Gasteiger partial charge on any atom is 0.325 e. The minimum absolute atomic E-state index is 0.236. The number of rotatable bonds is 10. The third kappa shape index (κ3) is 7.59. The van der Waals surface area contributed by atoms with E-state index >= 15 is 0 Å². The Morgan fingerprint density at radius 2 is 0.855 bits per heavy atom. The largest absolute Gasteiger partial charge is 0.497 e. The molecule has 0 fully saturated rings. The zero-order chi connectivity index (χ0) is 42.7. The van der Waals surface area contributed by atoms with E-state index in [1.54, 1.807) is 33.5 Å². The monoisotopic (exact) mass is 819 g/mol. The van der Waals surface area contributed by atoms with Crippen molar-refractivity contribution in [3.8, 4) is 61.8 Å². The molecule has 306 valence electrons. The Bertz CT molecular complexity index is 3080. The van der Waals surface area contributed by atoms with Crippen LogP contribution in [0.4, 0.5) is 0 Å². The molecule has 0 saturated heterocycles. The van der Waals surface area contributed by atoms with Gasteiger partial charge in [-0.05, 0) is 119 Å². The SMILES string of the molecule is COC(=O)CNC(=O)c1ccc(-c2c3nc(c(-c4cccc(OC)c4)c4ccc([nH]4)c(-c4cccc(OC)c4)c4nc(c(-c5cccc(OC)c5)c5ccc2[nH]5)C=C4)C=C3)cc1. The highest BCUT2D eigenvalue weighted by atomic mass is 16.5. The highest BCUT2D eigenvalue weighted by molar-refractivity contribution is 6.01. The first-order chi connectivity index (χ1) is 30.3. The molecule has 0 atom stereocenters. The van der Waals surface area contributed by atoms with Gasteiger partial charge < -0.3 is 34.2 Å². The van der Waals surface area contributed by atoms with E-state index in [4.69, 9.17) is 28.9 Å². The van der Waals surface area contributed by atoms with Crippen molar-refractivity contribution in [2.45, 2.75) is 0 Å². The quantitative estimate of drug-likeness (QED) is 0.116. The molecule has 0 aliphatic carbocycles. The topological polar surface area (TPSA) is 140 Å². The number of carbonyl (C=O) groups is 2. The second-order valence-electron chi connectivity index (χ2n) is 14.5. The molecule has 11 heteroatoms. The lowest BCUT2D eigenvalue weighted by Crippen LogP contribution is -2.30. The molecule has 0 spiro atoms. The van der Waals surface area contributed by atoms with Crippen LogP contribution in [0.1, 0.15) is 33.1 Å². The fourth-order valence-corrected chi connectivity index (χ4v) is 7.87. The Balaban J connectivity index is 1.39. The van der Waals surface area contributed by atoms with E-state index in [1.165, 1.54) is 7.11 Å². The summed E-state index contributed by atoms with van der Waals surface area (Å²) in [6.45, 7) is -0.236. The Morgan fingerprint density at radius 3 is 1.21 bits per heavy atom. The summed E-state index contributed by atoms with van der Waals surface area (Å²) in [4.78, 5) is 43.0. The Hall–Kier alpha value is -8.18. The summed E-state index contributed by atoms with van der Waals surface area (Å²) in [6.07, 6.45) is 8.12. The number of esters is 1. The smallest absolute Gasteiger partial charge is 0.325 e. The first kappa shape index (κ1) is 39.3. The van der Waals surface area contributed by atoms with Gasteiger partial charge in [-0.2, -0.15) is 0 Å². The fourth-order valence-electron chi connectivity index (χ4n) is 7.87. The molecule has 0 radical (unpaired) electrons. The van der Waals surface area contributed by atoms with Gasteiger partial charge in [0, 0.05) is 49.9 Å². The third-order valence-corrected chi connectivity index (χ3v) is 10.9. The average Bonchev–Trinajstić information content (AvgIpc) is 4.17. The number of carbonyl (C=O) groups excluding carboxylic acids is 2. The van der Waals surface area contributed by atoms with Crippen LogP contribution in [0, 0.1) is 0 Å². The normalized spacial score (nSPS) is 11.6.